The van der Waals surface area contributed by atoms with E-state index in [9.17, 15) is 14.2 Å². The lowest BCUT2D eigenvalue weighted by atomic mass is 9.86. The highest BCUT2D eigenvalue weighted by molar-refractivity contribution is 7.52. The predicted molar refractivity (Wildman–Crippen MR) is 124 cm³/mol. The van der Waals surface area contributed by atoms with Gasteiger partial charge in [-0.25, -0.2) is 4.79 Å². The Morgan fingerprint density at radius 3 is 1.91 bits per heavy atom. The van der Waals surface area contributed by atoms with Gasteiger partial charge in [0.25, 0.3) is 5.91 Å². The molecule has 0 aliphatic rings. The lowest BCUT2D eigenvalue weighted by Crippen LogP contribution is -2.43. The highest BCUT2D eigenvalue weighted by atomic mass is 31.2. The van der Waals surface area contributed by atoms with Crippen molar-refractivity contribution >= 4 is 19.5 Å². The first-order valence-electron chi connectivity index (χ1n) is 10.3. The van der Waals surface area contributed by atoms with Crippen molar-refractivity contribution < 1.29 is 27.9 Å². The van der Waals surface area contributed by atoms with Gasteiger partial charge in [0.2, 0.25) is 0 Å². The molecule has 7 nitrogen and oxygen atoms in total. The van der Waals surface area contributed by atoms with Gasteiger partial charge in [0.15, 0.2) is 0 Å². The summed E-state index contributed by atoms with van der Waals surface area (Å²) in [7, 11) is 0.756. The van der Waals surface area contributed by atoms with Crippen LogP contribution in [0.3, 0.4) is 0 Å². The molecule has 174 valence electrons. The SMILES string of the molecule is COC(=O)[C@@H](Cc1ccc(C(C)(C)C)cc1)NC(=O)c1ccc(CP(=O)(OC)OC)cc1. The fourth-order valence-corrected chi connectivity index (χ4v) is 4.21. The molecule has 1 atom stereocenters. The lowest BCUT2D eigenvalue weighted by Gasteiger charge is -2.20. The number of benzene rings is 2. The summed E-state index contributed by atoms with van der Waals surface area (Å²) in [5.74, 6) is -0.920. The van der Waals surface area contributed by atoms with Crippen LogP contribution >= 0.6 is 7.60 Å². The molecule has 2 rings (SSSR count). The molecule has 0 radical (unpaired) electrons. The van der Waals surface area contributed by atoms with E-state index in [2.05, 4.69) is 26.1 Å². The first-order chi connectivity index (χ1) is 15.0. The molecule has 0 heterocycles. The van der Waals surface area contributed by atoms with E-state index in [1.165, 1.54) is 26.9 Å². The molecule has 0 saturated carbocycles. The third kappa shape index (κ3) is 7.02. The second kappa shape index (κ2) is 10.9. The standard InChI is InChI=1S/C24H32NO6P/c1-24(2,3)20-13-9-17(10-14-20)15-21(23(27)29-4)25-22(26)19-11-7-18(8-12-19)16-32(28,30-5)31-6/h7-14,21H,15-16H2,1-6H3,(H,25,26)/t21-/m1/s1. The first-order valence-corrected chi connectivity index (χ1v) is 12.0. The molecule has 0 aliphatic heterocycles. The molecule has 0 aromatic heterocycles. The van der Waals surface area contributed by atoms with Crippen LogP contribution in [0.5, 0.6) is 0 Å². The Bertz CT molecular complexity index is 955. The molecule has 0 fully saturated rings. The number of amides is 1. The Hall–Kier alpha value is -2.47. The fraction of sp³-hybridized carbons (Fsp3) is 0.417. The van der Waals surface area contributed by atoms with Crippen LogP contribution in [0.1, 0.15) is 47.8 Å². The molecule has 0 aliphatic carbocycles. The van der Waals surface area contributed by atoms with Crippen LogP contribution in [0.4, 0.5) is 0 Å². The maximum absolute atomic E-state index is 12.7. The Morgan fingerprint density at radius 1 is 0.906 bits per heavy atom. The molecule has 2 aromatic rings. The molecule has 32 heavy (non-hydrogen) atoms. The average Bonchev–Trinajstić information content (AvgIpc) is 2.78. The van der Waals surface area contributed by atoms with Gasteiger partial charge < -0.3 is 19.1 Å². The lowest BCUT2D eigenvalue weighted by molar-refractivity contribution is -0.142. The van der Waals surface area contributed by atoms with Crippen LogP contribution in [0.25, 0.3) is 0 Å². The van der Waals surface area contributed by atoms with Crippen molar-refractivity contribution in [3.63, 3.8) is 0 Å². The quantitative estimate of drug-likeness (QED) is 0.437. The summed E-state index contributed by atoms with van der Waals surface area (Å²) in [6.45, 7) is 6.40. The van der Waals surface area contributed by atoms with E-state index in [-0.39, 0.29) is 11.6 Å². The Morgan fingerprint density at radius 2 is 1.44 bits per heavy atom. The van der Waals surface area contributed by atoms with Gasteiger partial charge in [0, 0.05) is 26.2 Å². The number of nitrogens with one attached hydrogen (secondary N) is 1. The summed E-state index contributed by atoms with van der Waals surface area (Å²) in [5.41, 5.74) is 3.21. The number of methoxy groups -OCH3 is 1. The van der Waals surface area contributed by atoms with Gasteiger partial charge in [-0.1, -0.05) is 57.2 Å². The number of rotatable bonds is 9. The zero-order chi connectivity index (χ0) is 23.9. The van der Waals surface area contributed by atoms with Crippen molar-refractivity contribution in [2.75, 3.05) is 21.3 Å². The maximum atomic E-state index is 12.7. The summed E-state index contributed by atoms with van der Waals surface area (Å²) in [6.07, 6.45) is 0.406. The van der Waals surface area contributed by atoms with Gasteiger partial charge in [-0.3, -0.25) is 9.36 Å². The van der Waals surface area contributed by atoms with Gasteiger partial charge in [0.05, 0.1) is 13.3 Å². The first kappa shape index (κ1) is 25.8. The Balaban J connectivity index is 2.11. The van der Waals surface area contributed by atoms with Crippen molar-refractivity contribution in [2.24, 2.45) is 0 Å². The molecule has 0 spiro atoms. The number of esters is 1. The topological polar surface area (TPSA) is 90.9 Å². The van der Waals surface area contributed by atoms with Gasteiger partial charge in [0.1, 0.15) is 6.04 Å². The number of hydrogen-bond acceptors (Lipinski definition) is 6. The van der Waals surface area contributed by atoms with Gasteiger partial charge in [-0.2, -0.15) is 0 Å². The summed E-state index contributed by atoms with van der Waals surface area (Å²) in [5, 5.41) is 2.75. The zero-order valence-corrected chi connectivity index (χ0v) is 20.4. The van der Waals surface area contributed by atoms with Gasteiger partial charge in [-0.05, 0) is 34.2 Å². The molecule has 0 unspecified atom stereocenters. The monoisotopic (exact) mass is 461 g/mol. The fourth-order valence-electron chi connectivity index (χ4n) is 3.14. The second-order valence-corrected chi connectivity index (χ2v) is 10.8. The third-order valence-corrected chi connectivity index (χ3v) is 7.06. The van der Waals surface area contributed by atoms with Gasteiger partial charge >= 0.3 is 13.6 Å². The minimum Gasteiger partial charge on any atom is -0.467 e. The van der Waals surface area contributed by atoms with E-state index in [4.69, 9.17) is 13.8 Å². The summed E-state index contributed by atoms with van der Waals surface area (Å²) in [6, 6.07) is 13.7. The highest BCUT2D eigenvalue weighted by Gasteiger charge is 2.24. The molecule has 1 N–H and O–H groups in total. The Labute approximate surface area is 190 Å². The van der Waals surface area contributed by atoms with Crippen molar-refractivity contribution in [3.05, 3.63) is 70.8 Å². The van der Waals surface area contributed by atoms with Crippen molar-refractivity contribution in [3.8, 4) is 0 Å². The molecular weight excluding hydrogens is 429 g/mol. The van der Waals surface area contributed by atoms with Crippen LogP contribution in [-0.2, 0) is 41.1 Å². The van der Waals surface area contributed by atoms with Crippen molar-refractivity contribution in [2.45, 2.75) is 44.8 Å². The molecular formula is C24H32NO6P. The van der Waals surface area contributed by atoms with E-state index >= 15 is 0 Å². The molecule has 0 bridgehead atoms. The second-order valence-electron chi connectivity index (χ2n) is 8.53. The van der Waals surface area contributed by atoms with Crippen LogP contribution < -0.4 is 5.32 Å². The number of carbonyl (C=O) groups is 2. The number of carbonyl (C=O) groups excluding carboxylic acids is 2. The van der Waals surface area contributed by atoms with Crippen LogP contribution in [0.15, 0.2) is 48.5 Å². The van der Waals surface area contributed by atoms with Crippen LogP contribution in [0.2, 0.25) is 0 Å². The normalized spacial score (nSPS) is 12.8. The molecule has 2 aromatic carbocycles. The Kier molecular flexibility index (Phi) is 8.79. The molecule has 0 saturated heterocycles. The smallest absolute Gasteiger partial charge is 0.334 e. The van der Waals surface area contributed by atoms with E-state index in [1.54, 1.807) is 24.3 Å². The summed E-state index contributed by atoms with van der Waals surface area (Å²) >= 11 is 0. The van der Waals surface area contributed by atoms with E-state index in [0.29, 0.717) is 17.5 Å². The van der Waals surface area contributed by atoms with Crippen LogP contribution in [-0.4, -0.2) is 39.2 Å². The van der Waals surface area contributed by atoms with Crippen LogP contribution in [0, 0.1) is 0 Å². The summed E-state index contributed by atoms with van der Waals surface area (Å²) < 4.78 is 27.0. The summed E-state index contributed by atoms with van der Waals surface area (Å²) in [4.78, 5) is 25.0. The largest absolute Gasteiger partial charge is 0.467 e. The van der Waals surface area contributed by atoms with E-state index < -0.39 is 25.5 Å². The third-order valence-electron chi connectivity index (χ3n) is 5.20. The van der Waals surface area contributed by atoms with Gasteiger partial charge in [-0.15, -0.1) is 0 Å². The zero-order valence-electron chi connectivity index (χ0n) is 19.5. The van der Waals surface area contributed by atoms with Crippen molar-refractivity contribution in [1.82, 2.24) is 5.32 Å². The average molecular weight is 461 g/mol. The highest BCUT2D eigenvalue weighted by Crippen LogP contribution is 2.49. The van der Waals surface area contributed by atoms with E-state index in [1.807, 2.05) is 24.3 Å². The molecule has 1 amide bonds. The molecule has 8 heteroatoms. The maximum Gasteiger partial charge on any atom is 0.334 e. The van der Waals surface area contributed by atoms with Crippen molar-refractivity contribution in [1.29, 1.82) is 0 Å². The minimum absolute atomic E-state index is 0.0287. The minimum atomic E-state index is -3.20. The number of ether oxygens (including phenoxy) is 1. The predicted octanol–water partition coefficient (Wildman–Crippen LogP) is 4.48. The van der Waals surface area contributed by atoms with E-state index in [0.717, 1.165) is 5.56 Å². The number of hydrogen-bond donors (Lipinski definition) is 1.